The predicted molar refractivity (Wildman–Crippen MR) is 75.2 cm³/mol. The number of amides is 1. The third kappa shape index (κ3) is 4.47. The molecule has 2 heterocycles. The Hall–Kier alpha value is -1.14. The molecule has 1 aromatic heterocycles. The zero-order valence-corrected chi connectivity index (χ0v) is 12.5. The van der Waals surface area contributed by atoms with Gasteiger partial charge in [-0.05, 0) is 27.2 Å². The Morgan fingerprint density at radius 1 is 1.63 bits per heavy atom. The maximum Gasteiger partial charge on any atom is 0.410 e. The van der Waals surface area contributed by atoms with Gasteiger partial charge in [-0.15, -0.1) is 11.3 Å². The summed E-state index contributed by atoms with van der Waals surface area (Å²) in [5.41, 5.74) is 1.41. The Balaban J connectivity index is 1.75. The monoisotopic (exact) mass is 283 g/mol. The van der Waals surface area contributed by atoms with E-state index < -0.39 is 5.60 Å². The molecule has 19 heavy (non-hydrogen) atoms. The molecule has 1 aromatic rings. The van der Waals surface area contributed by atoms with Gasteiger partial charge in [0.05, 0.1) is 5.51 Å². The van der Waals surface area contributed by atoms with Crippen LogP contribution < -0.4 is 5.32 Å². The molecular weight excluding hydrogens is 262 g/mol. The minimum Gasteiger partial charge on any atom is -0.444 e. The summed E-state index contributed by atoms with van der Waals surface area (Å²) in [6.07, 6.45) is 2.63. The highest BCUT2D eigenvalue weighted by Gasteiger charge is 2.29. The van der Waals surface area contributed by atoms with E-state index in [0.717, 1.165) is 19.5 Å². The number of nitrogens with zero attached hydrogens (tertiary/aromatic N) is 2. The van der Waals surface area contributed by atoms with Crippen LogP contribution in [-0.4, -0.2) is 40.7 Å². The minimum absolute atomic E-state index is 0.213. The van der Waals surface area contributed by atoms with E-state index in [9.17, 15) is 4.79 Å². The van der Waals surface area contributed by atoms with Crippen LogP contribution >= 0.6 is 11.3 Å². The molecule has 6 heteroatoms. The van der Waals surface area contributed by atoms with Crippen molar-refractivity contribution >= 4 is 17.4 Å². The van der Waals surface area contributed by atoms with Crippen molar-refractivity contribution < 1.29 is 9.53 Å². The number of aromatic nitrogens is 1. The second-order valence-corrected chi connectivity index (χ2v) is 6.73. The number of carbonyl (C=O) groups excluding carboxylic acids is 1. The summed E-state index contributed by atoms with van der Waals surface area (Å²) in [6, 6.07) is 0.342. The van der Waals surface area contributed by atoms with Crippen molar-refractivity contribution in [3.63, 3.8) is 0 Å². The summed E-state index contributed by atoms with van der Waals surface area (Å²) in [6.45, 7) is 7.96. The first-order valence-electron chi connectivity index (χ1n) is 6.53. The van der Waals surface area contributed by atoms with Crippen molar-refractivity contribution in [1.82, 2.24) is 15.2 Å². The summed E-state index contributed by atoms with van der Waals surface area (Å²) in [4.78, 5) is 18.9. The van der Waals surface area contributed by atoms with Gasteiger partial charge < -0.3 is 15.0 Å². The highest BCUT2D eigenvalue weighted by molar-refractivity contribution is 7.09. The Morgan fingerprint density at radius 2 is 2.42 bits per heavy atom. The molecule has 0 saturated carbocycles. The first-order chi connectivity index (χ1) is 8.94. The normalized spacial score (nSPS) is 19.7. The zero-order valence-electron chi connectivity index (χ0n) is 11.7. The highest BCUT2D eigenvalue weighted by atomic mass is 32.1. The molecule has 1 fully saturated rings. The summed E-state index contributed by atoms with van der Waals surface area (Å²) in [5, 5.41) is 3.45. The fraction of sp³-hybridized carbons (Fsp3) is 0.692. The third-order valence-electron chi connectivity index (χ3n) is 2.89. The maximum absolute atomic E-state index is 11.9. The standard InChI is InChI=1S/C13H21N3O2S/c1-13(2,3)18-12(17)16-5-4-10(8-16)15-7-11-6-14-9-19-11/h6,9-10,15H,4-5,7-8H2,1-3H3/t10-/m0/s1. The Kier molecular flexibility index (Phi) is 4.42. The van der Waals surface area contributed by atoms with Gasteiger partial charge in [-0.25, -0.2) is 4.79 Å². The number of ether oxygens (including phenoxy) is 1. The van der Waals surface area contributed by atoms with Gasteiger partial charge in [0.2, 0.25) is 0 Å². The van der Waals surface area contributed by atoms with E-state index in [1.54, 1.807) is 16.2 Å². The SMILES string of the molecule is CC(C)(C)OC(=O)N1CC[C@H](NCc2cncs2)C1. The van der Waals surface area contributed by atoms with Crippen molar-refractivity contribution in [1.29, 1.82) is 0 Å². The lowest BCUT2D eigenvalue weighted by Crippen LogP contribution is -2.38. The van der Waals surface area contributed by atoms with Crippen LogP contribution in [0.4, 0.5) is 4.79 Å². The molecule has 1 atom stereocenters. The van der Waals surface area contributed by atoms with E-state index in [-0.39, 0.29) is 6.09 Å². The van der Waals surface area contributed by atoms with Gasteiger partial charge in [0.25, 0.3) is 0 Å². The Bertz CT molecular complexity index is 414. The Labute approximate surface area is 118 Å². The second kappa shape index (κ2) is 5.88. The molecule has 0 unspecified atom stereocenters. The van der Waals surface area contributed by atoms with E-state index in [2.05, 4.69) is 10.3 Å². The lowest BCUT2D eigenvalue weighted by atomic mass is 10.2. The molecule has 1 amide bonds. The topological polar surface area (TPSA) is 54.5 Å². The van der Waals surface area contributed by atoms with Crippen molar-refractivity contribution in [2.24, 2.45) is 0 Å². The van der Waals surface area contributed by atoms with Crippen LogP contribution in [0.1, 0.15) is 32.1 Å². The molecule has 0 radical (unpaired) electrons. The number of carbonyl (C=O) groups is 1. The predicted octanol–water partition coefficient (Wildman–Crippen LogP) is 2.24. The third-order valence-corrected chi connectivity index (χ3v) is 3.67. The smallest absolute Gasteiger partial charge is 0.410 e. The van der Waals surface area contributed by atoms with Gasteiger partial charge in [0.1, 0.15) is 5.60 Å². The molecule has 1 saturated heterocycles. The highest BCUT2D eigenvalue weighted by Crippen LogP contribution is 2.16. The van der Waals surface area contributed by atoms with Crippen LogP contribution in [0.25, 0.3) is 0 Å². The number of rotatable bonds is 3. The molecule has 1 N–H and O–H groups in total. The van der Waals surface area contributed by atoms with E-state index in [1.165, 1.54) is 4.88 Å². The van der Waals surface area contributed by atoms with Crippen molar-refractivity contribution in [2.45, 2.75) is 45.4 Å². The summed E-state index contributed by atoms with van der Waals surface area (Å²) >= 11 is 1.64. The van der Waals surface area contributed by atoms with E-state index in [4.69, 9.17) is 4.74 Å². The van der Waals surface area contributed by atoms with E-state index in [1.807, 2.05) is 32.5 Å². The van der Waals surface area contributed by atoms with Gasteiger partial charge in [0.15, 0.2) is 0 Å². The van der Waals surface area contributed by atoms with Crippen molar-refractivity contribution in [3.8, 4) is 0 Å². The van der Waals surface area contributed by atoms with Crippen LogP contribution in [0.5, 0.6) is 0 Å². The van der Waals surface area contributed by atoms with Crippen LogP contribution in [0.3, 0.4) is 0 Å². The second-order valence-electron chi connectivity index (χ2n) is 5.76. The summed E-state index contributed by atoms with van der Waals surface area (Å²) in [7, 11) is 0. The number of nitrogens with one attached hydrogen (secondary N) is 1. The average molecular weight is 283 g/mol. The van der Waals surface area contributed by atoms with Crippen LogP contribution in [-0.2, 0) is 11.3 Å². The lowest BCUT2D eigenvalue weighted by Gasteiger charge is -2.24. The molecule has 5 nitrogen and oxygen atoms in total. The first kappa shape index (κ1) is 14.3. The maximum atomic E-state index is 11.9. The summed E-state index contributed by atoms with van der Waals surface area (Å²) in [5.74, 6) is 0. The fourth-order valence-electron chi connectivity index (χ4n) is 1.99. The van der Waals surface area contributed by atoms with Crippen molar-refractivity contribution in [3.05, 3.63) is 16.6 Å². The molecule has 0 aromatic carbocycles. The molecule has 0 bridgehead atoms. The van der Waals surface area contributed by atoms with Gasteiger partial charge in [-0.1, -0.05) is 0 Å². The molecule has 106 valence electrons. The van der Waals surface area contributed by atoms with Gasteiger partial charge in [-0.3, -0.25) is 4.98 Å². The first-order valence-corrected chi connectivity index (χ1v) is 7.41. The number of hydrogen-bond acceptors (Lipinski definition) is 5. The van der Waals surface area contributed by atoms with E-state index in [0.29, 0.717) is 12.6 Å². The number of hydrogen-bond donors (Lipinski definition) is 1. The van der Waals surface area contributed by atoms with Gasteiger partial charge in [-0.2, -0.15) is 0 Å². The average Bonchev–Trinajstić information content (AvgIpc) is 2.96. The Morgan fingerprint density at radius 3 is 3.05 bits per heavy atom. The molecule has 0 aliphatic carbocycles. The van der Waals surface area contributed by atoms with Gasteiger partial charge in [0, 0.05) is 36.8 Å². The lowest BCUT2D eigenvalue weighted by molar-refractivity contribution is 0.0291. The molecule has 1 aliphatic rings. The minimum atomic E-state index is -0.425. The molecule has 2 rings (SSSR count). The van der Waals surface area contributed by atoms with Gasteiger partial charge >= 0.3 is 6.09 Å². The largest absolute Gasteiger partial charge is 0.444 e. The molecule has 0 spiro atoms. The fourth-order valence-corrected chi connectivity index (χ4v) is 2.54. The number of thiazole rings is 1. The van der Waals surface area contributed by atoms with Crippen molar-refractivity contribution in [2.75, 3.05) is 13.1 Å². The van der Waals surface area contributed by atoms with Crippen LogP contribution in [0.15, 0.2) is 11.7 Å². The quantitative estimate of drug-likeness (QED) is 0.924. The van der Waals surface area contributed by atoms with E-state index >= 15 is 0 Å². The molecule has 1 aliphatic heterocycles. The number of likely N-dealkylation sites (tertiary alicyclic amines) is 1. The zero-order chi connectivity index (χ0) is 13.9. The molecular formula is C13H21N3O2S. The van der Waals surface area contributed by atoms with Crippen LogP contribution in [0.2, 0.25) is 0 Å². The summed E-state index contributed by atoms with van der Waals surface area (Å²) < 4.78 is 5.37. The van der Waals surface area contributed by atoms with Crippen LogP contribution in [0, 0.1) is 0 Å².